The Kier molecular flexibility index (Phi) is 5.45. The van der Waals surface area contributed by atoms with Gasteiger partial charge in [-0.2, -0.15) is 0 Å². The van der Waals surface area contributed by atoms with E-state index in [0.29, 0.717) is 5.92 Å². The largest absolute Gasteiger partial charge is 0.336 e. The lowest BCUT2D eigenvalue weighted by atomic mass is 9.72. The highest BCUT2D eigenvalue weighted by Crippen LogP contribution is 2.35. The first kappa shape index (κ1) is 18.4. The second-order valence-electron chi connectivity index (χ2n) is 8.29. The molecule has 1 aromatic carbocycles. The van der Waals surface area contributed by atoms with Crippen LogP contribution in [0.4, 0.5) is 0 Å². The van der Waals surface area contributed by atoms with E-state index >= 15 is 0 Å². The monoisotopic (exact) mass is 370 g/mol. The van der Waals surface area contributed by atoms with E-state index in [9.17, 15) is 9.59 Å². The molecule has 6 nitrogen and oxygen atoms in total. The topological polar surface area (TPSA) is 64.7 Å². The van der Waals surface area contributed by atoms with Crippen LogP contribution in [-0.2, 0) is 11.2 Å². The van der Waals surface area contributed by atoms with Gasteiger partial charge in [0.1, 0.15) is 0 Å². The molecule has 2 N–H and O–H groups in total. The number of hydrogen-bond donors (Lipinski definition) is 2. The van der Waals surface area contributed by atoms with Gasteiger partial charge < -0.3 is 9.80 Å². The summed E-state index contributed by atoms with van der Waals surface area (Å²) in [4.78, 5) is 29.2. The highest BCUT2D eigenvalue weighted by atomic mass is 16.2. The summed E-state index contributed by atoms with van der Waals surface area (Å²) in [5.41, 5.74) is 8.04. The minimum atomic E-state index is 0.130. The lowest BCUT2D eigenvalue weighted by molar-refractivity contribution is -0.133. The first-order chi connectivity index (χ1) is 13.1. The molecule has 146 valence electrons. The molecule has 6 heteroatoms. The highest BCUT2D eigenvalue weighted by molar-refractivity contribution is 5.94. The average Bonchev–Trinajstić information content (AvgIpc) is 2.71. The molecule has 0 bridgehead atoms. The normalized spacial score (nSPS) is 29.1. The Balaban J connectivity index is 1.44. The molecule has 2 amide bonds. The van der Waals surface area contributed by atoms with Crippen molar-refractivity contribution in [2.45, 2.75) is 38.1 Å². The Bertz CT molecular complexity index is 699. The van der Waals surface area contributed by atoms with Crippen LogP contribution in [0.3, 0.4) is 0 Å². The standard InChI is InChI=1S/C21H30N4O2/c1-24-9-11-25(12-10-24)21(27)16-6-4-5-15(13-16)14-19-17-7-2-3-8-18(17)20(26)23-22-19/h4-6,13,17-19,22H,2-3,7-12,14H2,1H3,(H,23,26). The number of hydrazine groups is 1. The van der Waals surface area contributed by atoms with E-state index in [-0.39, 0.29) is 23.8 Å². The molecule has 3 aliphatic rings. The van der Waals surface area contributed by atoms with E-state index < -0.39 is 0 Å². The molecule has 0 radical (unpaired) electrons. The summed E-state index contributed by atoms with van der Waals surface area (Å²) in [7, 11) is 2.09. The molecule has 0 aromatic heterocycles. The molecule has 3 atom stereocenters. The molecule has 2 saturated heterocycles. The number of carbonyl (C=O) groups is 2. The number of piperazine rings is 1. The van der Waals surface area contributed by atoms with E-state index in [4.69, 9.17) is 0 Å². The molecule has 2 aliphatic heterocycles. The van der Waals surface area contributed by atoms with Crippen LogP contribution in [0, 0.1) is 11.8 Å². The van der Waals surface area contributed by atoms with Gasteiger partial charge in [-0.1, -0.05) is 25.0 Å². The van der Waals surface area contributed by atoms with Crippen molar-refractivity contribution in [2.24, 2.45) is 11.8 Å². The van der Waals surface area contributed by atoms with Gasteiger partial charge in [0.15, 0.2) is 0 Å². The van der Waals surface area contributed by atoms with Gasteiger partial charge in [0.2, 0.25) is 5.91 Å². The van der Waals surface area contributed by atoms with Crippen molar-refractivity contribution in [3.05, 3.63) is 35.4 Å². The van der Waals surface area contributed by atoms with Crippen LogP contribution in [0.15, 0.2) is 24.3 Å². The summed E-state index contributed by atoms with van der Waals surface area (Å²) in [6, 6.07) is 8.27. The number of fused-ring (bicyclic) bond motifs is 1. The summed E-state index contributed by atoms with van der Waals surface area (Å²) >= 11 is 0. The maximum atomic E-state index is 12.9. The molecule has 27 heavy (non-hydrogen) atoms. The third-order valence-corrected chi connectivity index (χ3v) is 6.47. The Morgan fingerprint density at radius 3 is 2.74 bits per heavy atom. The van der Waals surface area contributed by atoms with E-state index in [1.165, 1.54) is 6.42 Å². The van der Waals surface area contributed by atoms with Crippen molar-refractivity contribution >= 4 is 11.8 Å². The third-order valence-electron chi connectivity index (χ3n) is 6.47. The second-order valence-corrected chi connectivity index (χ2v) is 8.29. The Morgan fingerprint density at radius 1 is 1.15 bits per heavy atom. The minimum Gasteiger partial charge on any atom is -0.336 e. The lowest BCUT2D eigenvalue weighted by Crippen LogP contribution is -2.60. The molecule has 3 unspecified atom stereocenters. The number of amides is 2. The van der Waals surface area contributed by atoms with Crippen LogP contribution in [0.5, 0.6) is 0 Å². The molecular weight excluding hydrogens is 340 g/mol. The molecule has 4 rings (SSSR count). The summed E-state index contributed by atoms with van der Waals surface area (Å²) in [6.45, 7) is 3.44. The number of rotatable bonds is 3. The van der Waals surface area contributed by atoms with Crippen LogP contribution in [0.2, 0.25) is 0 Å². The molecule has 1 aliphatic carbocycles. The summed E-state index contributed by atoms with van der Waals surface area (Å²) < 4.78 is 0. The zero-order valence-corrected chi connectivity index (χ0v) is 16.1. The summed E-state index contributed by atoms with van der Waals surface area (Å²) in [5, 5.41) is 0. The first-order valence-corrected chi connectivity index (χ1v) is 10.2. The van der Waals surface area contributed by atoms with Gasteiger partial charge in [-0.3, -0.25) is 15.0 Å². The van der Waals surface area contributed by atoms with Gasteiger partial charge in [-0.15, -0.1) is 0 Å². The maximum Gasteiger partial charge on any atom is 0.253 e. The summed E-state index contributed by atoms with van der Waals surface area (Å²) in [5.74, 6) is 0.810. The Labute approximate surface area is 161 Å². The Morgan fingerprint density at radius 2 is 1.93 bits per heavy atom. The van der Waals surface area contributed by atoms with Crippen molar-refractivity contribution in [3.63, 3.8) is 0 Å². The average molecular weight is 370 g/mol. The molecule has 0 spiro atoms. The van der Waals surface area contributed by atoms with Crippen molar-refractivity contribution < 1.29 is 9.59 Å². The molecule has 1 aromatic rings. The fraction of sp³-hybridized carbons (Fsp3) is 0.619. The van der Waals surface area contributed by atoms with Crippen molar-refractivity contribution in [1.29, 1.82) is 0 Å². The lowest BCUT2D eigenvalue weighted by Gasteiger charge is -2.41. The number of benzene rings is 1. The summed E-state index contributed by atoms with van der Waals surface area (Å²) in [6.07, 6.45) is 5.29. The smallest absolute Gasteiger partial charge is 0.253 e. The van der Waals surface area contributed by atoms with Gasteiger partial charge in [-0.25, -0.2) is 5.43 Å². The number of likely N-dealkylation sites (N-methyl/N-ethyl adjacent to an activating group) is 1. The quantitative estimate of drug-likeness (QED) is 0.845. The van der Waals surface area contributed by atoms with E-state index in [0.717, 1.165) is 63.0 Å². The van der Waals surface area contributed by atoms with Crippen LogP contribution >= 0.6 is 0 Å². The molecule has 3 fully saturated rings. The van der Waals surface area contributed by atoms with Gasteiger partial charge in [0.25, 0.3) is 5.91 Å². The third kappa shape index (κ3) is 4.01. The van der Waals surface area contributed by atoms with E-state index in [1.54, 1.807) is 0 Å². The van der Waals surface area contributed by atoms with Gasteiger partial charge in [-0.05, 0) is 49.9 Å². The van der Waals surface area contributed by atoms with Crippen LogP contribution in [-0.4, -0.2) is 60.9 Å². The molecule has 2 heterocycles. The SMILES string of the molecule is CN1CCN(C(=O)c2cccc(CC3NNC(=O)C4CCCCC34)c2)CC1. The zero-order valence-electron chi connectivity index (χ0n) is 16.1. The van der Waals surface area contributed by atoms with Crippen LogP contribution < -0.4 is 10.9 Å². The maximum absolute atomic E-state index is 12.9. The van der Waals surface area contributed by atoms with E-state index in [2.05, 4.69) is 28.9 Å². The fourth-order valence-electron chi connectivity index (χ4n) is 4.81. The first-order valence-electron chi connectivity index (χ1n) is 10.2. The minimum absolute atomic E-state index is 0.130. The van der Waals surface area contributed by atoms with Crippen molar-refractivity contribution in [3.8, 4) is 0 Å². The molecular formula is C21H30N4O2. The van der Waals surface area contributed by atoms with Gasteiger partial charge >= 0.3 is 0 Å². The predicted molar refractivity (Wildman–Crippen MR) is 104 cm³/mol. The van der Waals surface area contributed by atoms with Crippen LogP contribution in [0.25, 0.3) is 0 Å². The van der Waals surface area contributed by atoms with Crippen LogP contribution in [0.1, 0.15) is 41.6 Å². The van der Waals surface area contributed by atoms with Crippen molar-refractivity contribution in [1.82, 2.24) is 20.7 Å². The zero-order chi connectivity index (χ0) is 18.8. The number of carbonyl (C=O) groups excluding carboxylic acids is 2. The van der Waals surface area contributed by atoms with E-state index in [1.807, 2.05) is 23.1 Å². The van der Waals surface area contributed by atoms with Crippen molar-refractivity contribution in [2.75, 3.05) is 33.2 Å². The number of hydrogen-bond acceptors (Lipinski definition) is 4. The van der Waals surface area contributed by atoms with Gasteiger partial charge in [0, 0.05) is 43.7 Å². The number of nitrogens with zero attached hydrogens (tertiary/aromatic N) is 2. The number of nitrogens with one attached hydrogen (secondary N) is 2. The Hall–Kier alpha value is -1.92. The highest BCUT2D eigenvalue weighted by Gasteiger charge is 2.39. The fourth-order valence-corrected chi connectivity index (χ4v) is 4.81. The predicted octanol–water partition coefficient (Wildman–Crippen LogP) is 1.43. The van der Waals surface area contributed by atoms with Gasteiger partial charge in [0.05, 0.1) is 0 Å². The molecule has 1 saturated carbocycles. The second kappa shape index (κ2) is 7.98.